The number of carbonyl (C=O) groups excluding carboxylic acids is 1. The molecule has 134 valence electrons. The Morgan fingerprint density at radius 3 is 2.35 bits per heavy atom. The van der Waals surface area contributed by atoms with Gasteiger partial charge in [-0.3, -0.25) is 4.79 Å². The van der Waals surface area contributed by atoms with Gasteiger partial charge in [-0.25, -0.2) is 0 Å². The molecule has 3 rings (SSSR count). The molecular formula is C19H17Cl2N3O2. The molecular weight excluding hydrogens is 373 g/mol. The second kappa shape index (κ2) is 7.89. The van der Waals surface area contributed by atoms with E-state index in [1.807, 2.05) is 26.0 Å². The fourth-order valence-electron chi connectivity index (χ4n) is 2.48. The van der Waals surface area contributed by atoms with Crippen LogP contribution in [-0.2, 0) is 6.54 Å². The van der Waals surface area contributed by atoms with Gasteiger partial charge in [-0.1, -0.05) is 47.5 Å². The third-order valence-corrected chi connectivity index (χ3v) is 4.52. The number of hydrogen-bond donors (Lipinski definition) is 0. The van der Waals surface area contributed by atoms with Gasteiger partial charge in [0, 0.05) is 6.04 Å². The summed E-state index contributed by atoms with van der Waals surface area (Å²) < 4.78 is 5.71. The van der Waals surface area contributed by atoms with Gasteiger partial charge in [0.1, 0.15) is 0 Å². The van der Waals surface area contributed by atoms with Gasteiger partial charge in [-0.15, -0.1) is 10.2 Å². The number of hydrogen-bond acceptors (Lipinski definition) is 4. The first kappa shape index (κ1) is 18.4. The maximum Gasteiger partial charge on any atom is 0.256 e. The minimum atomic E-state index is -0.192. The van der Waals surface area contributed by atoms with Crippen molar-refractivity contribution in [3.05, 3.63) is 70.0 Å². The van der Waals surface area contributed by atoms with Crippen LogP contribution in [0.3, 0.4) is 0 Å². The molecule has 5 nitrogen and oxygen atoms in total. The van der Waals surface area contributed by atoms with Crippen LogP contribution in [0, 0.1) is 0 Å². The molecule has 7 heteroatoms. The average molecular weight is 390 g/mol. The first-order valence-corrected chi connectivity index (χ1v) is 8.85. The number of amides is 1. The summed E-state index contributed by atoms with van der Waals surface area (Å²) in [6, 6.07) is 14.1. The van der Waals surface area contributed by atoms with Crippen molar-refractivity contribution in [2.24, 2.45) is 0 Å². The van der Waals surface area contributed by atoms with E-state index >= 15 is 0 Å². The standard InChI is InChI=1S/C19H17Cl2N3O2/c1-12(2)24(19(25)14-8-4-6-10-16(14)21)11-17-22-23-18(26-17)13-7-3-5-9-15(13)20/h3-10,12H,11H2,1-2H3. The Morgan fingerprint density at radius 1 is 1.04 bits per heavy atom. The Balaban J connectivity index is 1.85. The van der Waals surface area contributed by atoms with Crippen molar-refractivity contribution in [3.63, 3.8) is 0 Å². The minimum Gasteiger partial charge on any atom is -0.419 e. The van der Waals surface area contributed by atoms with Crippen LogP contribution in [0.2, 0.25) is 10.0 Å². The third kappa shape index (κ3) is 3.89. The van der Waals surface area contributed by atoms with Crippen LogP contribution >= 0.6 is 23.2 Å². The Hall–Kier alpha value is -2.37. The van der Waals surface area contributed by atoms with Gasteiger partial charge in [0.2, 0.25) is 11.8 Å². The highest BCUT2D eigenvalue weighted by atomic mass is 35.5. The number of halogens is 2. The Labute approximate surface area is 161 Å². The molecule has 0 radical (unpaired) electrons. The number of nitrogens with zero attached hydrogens (tertiary/aromatic N) is 3. The summed E-state index contributed by atoms with van der Waals surface area (Å²) in [5.74, 6) is 0.455. The van der Waals surface area contributed by atoms with Gasteiger partial charge in [0.15, 0.2) is 0 Å². The normalized spacial score (nSPS) is 11.0. The van der Waals surface area contributed by atoms with E-state index in [0.29, 0.717) is 33.0 Å². The van der Waals surface area contributed by atoms with E-state index in [0.717, 1.165) is 0 Å². The van der Waals surface area contributed by atoms with Gasteiger partial charge in [0.25, 0.3) is 5.91 Å². The van der Waals surface area contributed by atoms with E-state index in [4.69, 9.17) is 27.6 Å². The van der Waals surface area contributed by atoms with E-state index < -0.39 is 0 Å². The molecule has 1 aromatic heterocycles. The molecule has 2 aromatic carbocycles. The van der Waals surface area contributed by atoms with Crippen molar-refractivity contribution in [1.29, 1.82) is 0 Å². The number of benzene rings is 2. The van der Waals surface area contributed by atoms with E-state index in [9.17, 15) is 4.79 Å². The monoisotopic (exact) mass is 389 g/mol. The summed E-state index contributed by atoms with van der Waals surface area (Å²) >= 11 is 12.3. The fraction of sp³-hybridized carbons (Fsp3) is 0.211. The van der Waals surface area contributed by atoms with Crippen LogP contribution in [0.15, 0.2) is 52.9 Å². The molecule has 1 heterocycles. The quantitative estimate of drug-likeness (QED) is 0.609. The molecule has 0 fully saturated rings. The molecule has 0 N–H and O–H groups in total. The third-order valence-electron chi connectivity index (χ3n) is 3.87. The lowest BCUT2D eigenvalue weighted by Crippen LogP contribution is -2.36. The van der Waals surface area contributed by atoms with Crippen LogP contribution < -0.4 is 0 Å². The lowest BCUT2D eigenvalue weighted by atomic mass is 10.1. The van der Waals surface area contributed by atoms with E-state index in [1.54, 1.807) is 41.3 Å². The SMILES string of the molecule is CC(C)N(Cc1nnc(-c2ccccc2Cl)o1)C(=O)c1ccccc1Cl. The second-order valence-electron chi connectivity index (χ2n) is 5.99. The molecule has 0 unspecified atom stereocenters. The molecule has 0 spiro atoms. The van der Waals surface area contributed by atoms with Gasteiger partial charge >= 0.3 is 0 Å². The Morgan fingerprint density at radius 2 is 1.69 bits per heavy atom. The topological polar surface area (TPSA) is 59.2 Å². The van der Waals surface area contributed by atoms with Crippen molar-refractivity contribution in [2.45, 2.75) is 26.4 Å². The molecule has 0 saturated heterocycles. The predicted molar refractivity (Wildman–Crippen MR) is 101 cm³/mol. The average Bonchev–Trinajstić information content (AvgIpc) is 3.08. The maximum atomic E-state index is 12.9. The summed E-state index contributed by atoms with van der Waals surface area (Å²) in [6.45, 7) is 4.01. The minimum absolute atomic E-state index is 0.0746. The highest BCUT2D eigenvalue weighted by Gasteiger charge is 2.23. The summed E-state index contributed by atoms with van der Waals surface area (Å²) in [5.41, 5.74) is 1.09. The number of rotatable bonds is 5. The summed E-state index contributed by atoms with van der Waals surface area (Å²) in [6.07, 6.45) is 0. The summed E-state index contributed by atoms with van der Waals surface area (Å²) in [7, 11) is 0. The zero-order valence-electron chi connectivity index (χ0n) is 14.3. The molecule has 0 aliphatic carbocycles. The highest BCUT2D eigenvalue weighted by molar-refractivity contribution is 6.34. The molecule has 26 heavy (non-hydrogen) atoms. The molecule has 0 bridgehead atoms. The molecule has 1 amide bonds. The van der Waals surface area contributed by atoms with Gasteiger partial charge in [0.05, 0.1) is 27.7 Å². The van der Waals surface area contributed by atoms with Crippen LogP contribution in [0.5, 0.6) is 0 Å². The fourth-order valence-corrected chi connectivity index (χ4v) is 2.92. The lowest BCUT2D eigenvalue weighted by Gasteiger charge is -2.25. The van der Waals surface area contributed by atoms with E-state index in [2.05, 4.69) is 10.2 Å². The van der Waals surface area contributed by atoms with Crippen molar-refractivity contribution in [3.8, 4) is 11.5 Å². The number of aromatic nitrogens is 2. The van der Waals surface area contributed by atoms with Gasteiger partial charge in [-0.05, 0) is 38.1 Å². The van der Waals surface area contributed by atoms with Crippen molar-refractivity contribution < 1.29 is 9.21 Å². The van der Waals surface area contributed by atoms with Crippen LogP contribution in [0.1, 0.15) is 30.1 Å². The van der Waals surface area contributed by atoms with Gasteiger partial charge < -0.3 is 9.32 Å². The largest absolute Gasteiger partial charge is 0.419 e. The zero-order chi connectivity index (χ0) is 18.7. The molecule has 0 atom stereocenters. The number of carbonyl (C=O) groups is 1. The molecule has 0 aliphatic heterocycles. The Kier molecular flexibility index (Phi) is 5.59. The smallest absolute Gasteiger partial charge is 0.256 e. The maximum absolute atomic E-state index is 12.9. The summed E-state index contributed by atoms with van der Waals surface area (Å²) in [4.78, 5) is 14.5. The van der Waals surface area contributed by atoms with E-state index in [-0.39, 0.29) is 18.5 Å². The predicted octanol–water partition coefficient (Wildman–Crippen LogP) is 5.09. The lowest BCUT2D eigenvalue weighted by molar-refractivity contribution is 0.0672. The van der Waals surface area contributed by atoms with E-state index in [1.165, 1.54) is 0 Å². The van der Waals surface area contributed by atoms with Crippen molar-refractivity contribution in [2.75, 3.05) is 0 Å². The molecule has 3 aromatic rings. The van der Waals surface area contributed by atoms with Crippen molar-refractivity contribution in [1.82, 2.24) is 15.1 Å². The first-order valence-electron chi connectivity index (χ1n) is 8.10. The Bertz CT molecular complexity index is 924. The first-order chi connectivity index (χ1) is 12.5. The highest BCUT2D eigenvalue weighted by Crippen LogP contribution is 2.27. The van der Waals surface area contributed by atoms with Crippen LogP contribution in [-0.4, -0.2) is 27.0 Å². The molecule has 0 aliphatic rings. The zero-order valence-corrected chi connectivity index (χ0v) is 15.8. The van der Waals surface area contributed by atoms with Gasteiger partial charge in [-0.2, -0.15) is 0 Å². The second-order valence-corrected chi connectivity index (χ2v) is 6.80. The van der Waals surface area contributed by atoms with Crippen molar-refractivity contribution >= 4 is 29.1 Å². The molecule has 0 saturated carbocycles. The van der Waals surface area contributed by atoms with Crippen LogP contribution in [0.4, 0.5) is 0 Å². The van der Waals surface area contributed by atoms with Crippen LogP contribution in [0.25, 0.3) is 11.5 Å². The summed E-state index contributed by atoms with van der Waals surface area (Å²) in [5, 5.41) is 9.03.